The zero-order chi connectivity index (χ0) is 9.19. The minimum absolute atomic E-state index is 0.260. The molecule has 0 unspecified atom stereocenters. The third kappa shape index (κ3) is 2.68. The minimum atomic E-state index is -0.690. The second-order valence-electron chi connectivity index (χ2n) is 4.24. The van der Waals surface area contributed by atoms with Crippen molar-refractivity contribution in [3.63, 3.8) is 0 Å². The van der Waals surface area contributed by atoms with Crippen LogP contribution < -0.4 is 0 Å². The highest BCUT2D eigenvalue weighted by Gasteiger charge is 2.22. The van der Waals surface area contributed by atoms with Gasteiger partial charge in [0, 0.05) is 0 Å². The summed E-state index contributed by atoms with van der Waals surface area (Å²) in [7, 11) is 0. The largest absolute Gasteiger partial charge is 0.481 e. The van der Waals surface area contributed by atoms with E-state index in [9.17, 15) is 4.79 Å². The molecule has 0 heterocycles. The van der Waals surface area contributed by atoms with Gasteiger partial charge in [0.25, 0.3) is 0 Å². The Labute approximate surface area is 73.3 Å². The van der Waals surface area contributed by atoms with Gasteiger partial charge in [-0.25, -0.2) is 0 Å². The van der Waals surface area contributed by atoms with Crippen LogP contribution in [0.2, 0.25) is 0 Å². The lowest BCUT2D eigenvalue weighted by molar-refractivity contribution is -0.137. The minimum Gasteiger partial charge on any atom is -0.481 e. The number of aliphatic carboxylic acids is 1. The summed E-state index contributed by atoms with van der Waals surface area (Å²) in [4.78, 5) is 10.4. The first-order valence-corrected chi connectivity index (χ1v) is 4.41. The Bertz CT molecular complexity index is 204. The maximum absolute atomic E-state index is 10.4. The van der Waals surface area contributed by atoms with Crippen LogP contribution in [0.25, 0.3) is 0 Å². The molecule has 0 fully saturated rings. The molecule has 0 saturated carbocycles. The molecule has 0 aliphatic heterocycles. The molecule has 0 spiro atoms. The van der Waals surface area contributed by atoms with E-state index >= 15 is 0 Å². The van der Waals surface area contributed by atoms with Gasteiger partial charge in [0.1, 0.15) is 0 Å². The number of carboxylic acid groups (broad SMARTS) is 1. The second-order valence-corrected chi connectivity index (χ2v) is 4.24. The SMILES string of the molecule is CC1(C)C=C[C@@H](CC(=O)O)CC1. The molecule has 0 aromatic heterocycles. The Kier molecular flexibility index (Phi) is 2.55. The van der Waals surface area contributed by atoms with Crippen LogP contribution in [0.3, 0.4) is 0 Å². The van der Waals surface area contributed by atoms with E-state index in [1.54, 1.807) is 0 Å². The number of rotatable bonds is 2. The monoisotopic (exact) mass is 168 g/mol. The standard InChI is InChI=1S/C10H16O2/c1-10(2)5-3-8(4-6-10)7-9(11)12/h3,5,8H,4,6-7H2,1-2H3,(H,11,12)/t8-/m1/s1. The zero-order valence-electron chi connectivity index (χ0n) is 7.71. The average Bonchev–Trinajstić information content (AvgIpc) is 1.93. The Morgan fingerprint density at radius 2 is 2.33 bits per heavy atom. The lowest BCUT2D eigenvalue weighted by Gasteiger charge is -2.27. The molecular weight excluding hydrogens is 152 g/mol. The summed E-state index contributed by atoms with van der Waals surface area (Å²) < 4.78 is 0. The highest BCUT2D eigenvalue weighted by molar-refractivity contribution is 5.67. The molecule has 68 valence electrons. The van der Waals surface area contributed by atoms with Crippen LogP contribution in [-0.2, 0) is 4.79 Å². The van der Waals surface area contributed by atoms with Crippen molar-refractivity contribution in [3.8, 4) is 0 Å². The van der Waals surface area contributed by atoms with Crippen LogP contribution in [-0.4, -0.2) is 11.1 Å². The Hall–Kier alpha value is -0.790. The van der Waals surface area contributed by atoms with Gasteiger partial charge in [-0.2, -0.15) is 0 Å². The highest BCUT2D eigenvalue weighted by atomic mass is 16.4. The first-order valence-electron chi connectivity index (χ1n) is 4.41. The van der Waals surface area contributed by atoms with Crippen LogP contribution in [0.5, 0.6) is 0 Å². The molecule has 0 saturated heterocycles. The van der Waals surface area contributed by atoms with E-state index in [2.05, 4.69) is 26.0 Å². The van der Waals surface area contributed by atoms with Gasteiger partial charge in [-0.15, -0.1) is 0 Å². The predicted octanol–water partition coefficient (Wildman–Crippen LogP) is 2.45. The van der Waals surface area contributed by atoms with Crippen LogP contribution in [0, 0.1) is 11.3 Å². The average molecular weight is 168 g/mol. The smallest absolute Gasteiger partial charge is 0.303 e. The third-order valence-electron chi connectivity index (χ3n) is 2.42. The van der Waals surface area contributed by atoms with E-state index in [-0.39, 0.29) is 17.8 Å². The summed E-state index contributed by atoms with van der Waals surface area (Å²) >= 11 is 0. The summed E-state index contributed by atoms with van der Waals surface area (Å²) in [6.07, 6.45) is 6.59. The summed E-state index contributed by atoms with van der Waals surface area (Å²) in [5, 5.41) is 8.56. The van der Waals surface area contributed by atoms with Gasteiger partial charge in [-0.05, 0) is 24.2 Å². The van der Waals surface area contributed by atoms with Crippen LogP contribution in [0.4, 0.5) is 0 Å². The van der Waals surface area contributed by atoms with Gasteiger partial charge >= 0.3 is 5.97 Å². The first-order chi connectivity index (χ1) is 5.49. The Balaban J connectivity index is 2.48. The molecule has 1 N–H and O–H groups in total. The summed E-state index contributed by atoms with van der Waals surface area (Å²) in [5.41, 5.74) is 0.273. The number of carbonyl (C=O) groups is 1. The van der Waals surface area contributed by atoms with Crippen LogP contribution >= 0.6 is 0 Å². The summed E-state index contributed by atoms with van der Waals surface area (Å²) in [6, 6.07) is 0. The number of carboxylic acids is 1. The van der Waals surface area contributed by atoms with Crippen molar-refractivity contribution in [2.45, 2.75) is 33.1 Å². The summed E-state index contributed by atoms with van der Waals surface area (Å²) in [6.45, 7) is 4.36. The third-order valence-corrected chi connectivity index (χ3v) is 2.42. The lowest BCUT2D eigenvalue weighted by atomic mass is 9.78. The normalized spacial score (nSPS) is 27.0. The molecule has 0 amide bonds. The maximum Gasteiger partial charge on any atom is 0.303 e. The van der Waals surface area contributed by atoms with Crippen molar-refractivity contribution in [3.05, 3.63) is 12.2 Å². The van der Waals surface area contributed by atoms with Crippen LogP contribution in [0.15, 0.2) is 12.2 Å². The number of allylic oxidation sites excluding steroid dienone is 2. The van der Waals surface area contributed by atoms with Crippen molar-refractivity contribution in [2.75, 3.05) is 0 Å². The predicted molar refractivity (Wildman–Crippen MR) is 47.9 cm³/mol. The Morgan fingerprint density at radius 3 is 2.75 bits per heavy atom. The molecule has 1 aliphatic carbocycles. The fraction of sp³-hybridized carbons (Fsp3) is 0.700. The van der Waals surface area contributed by atoms with Crippen molar-refractivity contribution < 1.29 is 9.90 Å². The molecular formula is C10H16O2. The highest BCUT2D eigenvalue weighted by Crippen LogP contribution is 2.33. The molecule has 0 aromatic carbocycles. The van der Waals surface area contributed by atoms with Crippen molar-refractivity contribution >= 4 is 5.97 Å². The fourth-order valence-electron chi connectivity index (χ4n) is 1.53. The van der Waals surface area contributed by atoms with E-state index in [4.69, 9.17) is 5.11 Å². The maximum atomic E-state index is 10.4. The summed E-state index contributed by atoms with van der Waals surface area (Å²) in [5.74, 6) is -0.431. The first kappa shape index (κ1) is 9.30. The molecule has 12 heavy (non-hydrogen) atoms. The molecule has 0 bridgehead atoms. The molecule has 2 nitrogen and oxygen atoms in total. The van der Waals surface area contributed by atoms with E-state index in [0.29, 0.717) is 0 Å². The molecule has 0 aromatic rings. The molecule has 0 radical (unpaired) electrons. The van der Waals surface area contributed by atoms with Gasteiger partial charge in [0.15, 0.2) is 0 Å². The van der Waals surface area contributed by atoms with Gasteiger partial charge in [-0.1, -0.05) is 26.0 Å². The molecule has 1 aliphatic rings. The number of hydrogen-bond donors (Lipinski definition) is 1. The topological polar surface area (TPSA) is 37.3 Å². The molecule has 2 heteroatoms. The van der Waals surface area contributed by atoms with Gasteiger partial charge in [0.05, 0.1) is 6.42 Å². The molecule has 1 rings (SSSR count). The van der Waals surface area contributed by atoms with Gasteiger partial charge < -0.3 is 5.11 Å². The van der Waals surface area contributed by atoms with Crippen molar-refractivity contribution in [1.82, 2.24) is 0 Å². The Morgan fingerprint density at radius 1 is 1.67 bits per heavy atom. The van der Waals surface area contributed by atoms with Crippen molar-refractivity contribution in [2.24, 2.45) is 11.3 Å². The van der Waals surface area contributed by atoms with Crippen molar-refractivity contribution in [1.29, 1.82) is 0 Å². The molecule has 1 atom stereocenters. The lowest BCUT2D eigenvalue weighted by Crippen LogP contribution is -2.17. The van der Waals surface area contributed by atoms with E-state index in [1.165, 1.54) is 0 Å². The quantitative estimate of drug-likeness (QED) is 0.643. The zero-order valence-corrected chi connectivity index (χ0v) is 7.71. The van der Waals surface area contributed by atoms with Crippen LogP contribution in [0.1, 0.15) is 33.1 Å². The fourth-order valence-corrected chi connectivity index (χ4v) is 1.53. The van der Waals surface area contributed by atoms with E-state index in [1.807, 2.05) is 0 Å². The second kappa shape index (κ2) is 3.30. The van der Waals surface area contributed by atoms with Gasteiger partial charge in [0.2, 0.25) is 0 Å². The van der Waals surface area contributed by atoms with E-state index in [0.717, 1.165) is 12.8 Å². The van der Waals surface area contributed by atoms with E-state index < -0.39 is 5.97 Å². The van der Waals surface area contributed by atoms with Gasteiger partial charge in [-0.3, -0.25) is 4.79 Å². The number of hydrogen-bond acceptors (Lipinski definition) is 1.